The molecule has 3 aromatic rings. The fourth-order valence-electron chi connectivity index (χ4n) is 2.83. The molecule has 0 spiro atoms. The zero-order chi connectivity index (χ0) is 21.5. The number of hydrogen-bond donors (Lipinski definition) is 3. The Morgan fingerprint density at radius 1 is 1.10 bits per heavy atom. The third-order valence-corrected chi connectivity index (χ3v) is 4.57. The average molecular weight is 404 g/mol. The van der Waals surface area contributed by atoms with Gasteiger partial charge in [0.15, 0.2) is 0 Å². The van der Waals surface area contributed by atoms with E-state index in [0.29, 0.717) is 24.0 Å². The van der Waals surface area contributed by atoms with Crippen molar-refractivity contribution in [3.8, 4) is 0 Å². The fourth-order valence-corrected chi connectivity index (χ4v) is 2.83. The molecule has 0 aliphatic heterocycles. The van der Waals surface area contributed by atoms with Crippen molar-refractivity contribution in [2.75, 3.05) is 29.1 Å². The average Bonchev–Trinajstić information content (AvgIpc) is 2.74. The summed E-state index contributed by atoms with van der Waals surface area (Å²) < 4.78 is 0. The Kier molecular flexibility index (Phi) is 6.59. The summed E-state index contributed by atoms with van der Waals surface area (Å²) >= 11 is 0. The first-order chi connectivity index (χ1) is 14.4. The minimum atomic E-state index is -0.603. The molecule has 8 nitrogen and oxygen atoms in total. The van der Waals surface area contributed by atoms with Gasteiger partial charge < -0.3 is 21.3 Å². The second-order valence-electron chi connectivity index (χ2n) is 6.74. The Morgan fingerprint density at radius 2 is 1.87 bits per heavy atom. The molecule has 0 aliphatic carbocycles. The van der Waals surface area contributed by atoms with Crippen LogP contribution in [0.3, 0.4) is 0 Å². The number of nitrogens with zero attached hydrogens (tertiary/aromatic N) is 3. The Bertz CT molecular complexity index is 1040. The second-order valence-corrected chi connectivity index (χ2v) is 6.74. The van der Waals surface area contributed by atoms with Crippen molar-refractivity contribution >= 4 is 35.0 Å². The molecular formula is C22H24N6O2. The molecule has 0 bridgehead atoms. The summed E-state index contributed by atoms with van der Waals surface area (Å²) in [7, 11) is 1.70. The van der Waals surface area contributed by atoms with Gasteiger partial charge in [-0.3, -0.25) is 9.59 Å². The van der Waals surface area contributed by atoms with Crippen molar-refractivity contribution in [3.63, 3.8) is 0 Å². The van der Waals surface area contributed by atoms with Crippen LogP contribution in [0.5, 0.6) is 0 Å². The maximum absolute atomic E-state index is 11.8. The highest BCUT2D eigenvalue weighted by Gasteiger charge is 2.13. The zero-order valence-electron chi connectivity index (χ0n) is 16.9. The van der Waals surface area contributed by atoms with Crippen LogP contribution in [0.1, 0.15) is 22.8 Å². The Labute approximate surface area is 175 Å². The highest BCUT2D eigenvalue weighted by Crippen LogP contribution is 2.22. The van der Waals surface area contributed by atoms with Crippen molar-refractivity contribution in [2.45, 2.75) is 13.3 Å². The van der Waals surface area contributed by atoms with Crippen LogP contribution in [-0.4, -0.2) is 35.4 Å². The third-order valence-electron chi connectivity index (χ3n) is 4.57. The molecule has 1 aromatic heterocycles. The van der Waals surface area contributed by atoms with Crippen LogP contribution in [0, 0.1) is 0 Å². The van der Waals surface area contributed by atoms with Gasteiger partial charge >= 0.3 is 0 Å². The van der Waals surface area contributed by atoms with Gasteiger partial charge in [0.2, 0.25) is 11.9 Å². The summed E-state index contributed by atoms with van der Waals surface area (Å²) in [6.45, 7) is 2.08. The molecule has 0 atom stereocenters. The van der Waals surface area contributed by atoms with E-state index in [1.807, 2.05) is 54.6 Å². The Hall–Kier alpha value is -3.94. The molecule has 0 fully saturated rings. The van der Waals surface area contributed by atoms with E-state index in [4.69, 9.17) is 5.73 Å². The topological polar surface area (TPSA) is 113 Å². The van der Waals surface area contributed by atoms with E-state index in [1.54, 1.807) is 11.9 Å². The largest absolute Gasteiger partial charge is 0.369 e. The number of amides is 2. The molecule has 0 saturated heterocycles. The number of rotatable bonds is 8. The fraction of sp³-hybridized carbons (Fsp3) is 0.182. The first kappa shape index (κ1) is 20.8. The smallest absolute Gasteiger partial charge is 0.254 e. The maximum atomic E-state index is 11.8. The van der Waals surface area contributed by atoms with Gasteiger partial charge in [0.25, 0.3) is 5.91 Å². The molecule has 8 heteroatoms. The second kappa shape index (κ2) is 9.51. The van der Waals surface area contributed by atoms with Crippen LogP contribution in [0.2, 0.25) is 0 Å². The molecule has 0 radical (unpaired) electrons. The van der Waals surface area contributed by atoms with Crippen molar-refractivity contribution in [1.29, 1.82) is 0 Å². The number of nitrogens with two attached hydrogens (primary N) is 1. The van der Waals surface area contributed by atoms with Gasteiger partial charge in [0.1, 0.15) is 5.82 Å². The monoisotopic (exact) mass is 404 g/mol. The lowest BCUT2D eigenvalue weighted by Gasteiger charge is -2.16. The predicted octanol–water partition coefficient (Wildman–Crippen LogP) is 2.96. The summed E-state index contributed by atoms with van der Waals surface area (Å²) in [5, 5.41) is 6.27. The number of hydrogen-bond acceptors (Lipinski definition) is 6. The number of carbonyl (C=O) groups excluding carboxylic acids is 2. The van der Waals surface area contributed by atoms with Crippen LogP contribution in [-0.2, 0) is 11.2 Å². The summed E-state index contributed by atoms with van der Waals surface area (Å²) in [5.74, 6) is 0.00531. The highest BCUT2D eigenvalue weighted by molar-refractivity contribution is 5.97. The molecule has 154 valence electrons. The summed E-state index contributed by atoms with van der Waals surface area (Å²) in [6, 6.07) is 17.3. The van der Waals surface area contributed by atoms with Gasteiger partial charge in [-0.25, -0.2) is 4.98 Å². The predicted molar refractivity (Wildman–Crippen MR) is 118 cm³/mol. The van der Waals surface area contributed by atoms with Crippen molar-refractivity contribution < 1.29 is 9.59 Å². The maximum Gasteiger partial charge on any atom is 0.254 e. The first-order valence-corrected chi connectivity index (χ1v) is 9.50. The number of anilines is 4. The minimum absolute atomic E-state index is 0.0703. The molecule has 0 aliphatic rings. The van der Waals surface area contributed by atoms with Gasteiger partial charge in [-0.05, 0) is 30.2 Å². The molecule has 2 amide bonds. The van der Waals surface area contributed by atoms with Crippen LogP contribution in [0.25, 0.3) is 0 Å². The lowest BCUT2D eigenvalue weighted by Crippen LogP contribution is -2.22. The van der Waals surface area contributed by atoms with E-state index in [-0.39, 0.29) is 11.5 Å². The third kappa shape index (κ3) is 5.32. The van der Waals surface area contributed by atoms with Gasteiger partial charge in [-0.2, -0.15) is 4.98 Å². The lowest BCUT2D eigenvalue weighted by atomic mass is 10.1. The van der Waals surface area contributed by atoms with Crippen LogP contribution >= 0.6 is 0 Å². The SMILES string of the molecule is CC(=O)N(C)c1cccc(Nc2ncc(C(N)=O)c(NCCc3ccccc3)n2)c1. The minimum Gasteiger partial charge on any atom is -0.369 e. The van der Waals surface area contributed by atoms with Crippen LogP contribution in [0.15, 0.2) is 60.8 Å². The van der Waals surface area contributed by atoms with E-state index < -0.39 is 5.91 Å². The summed E-state index contributed by atoms with van der Waals surface area (Å²) in [6.07, 6.45) is 2.17. The molecule has 30 heavy (non-hydrogen) atoms. The number of nitrogens with one attached hydrogen (secondary N) is 2. The number of benzene rings is 2. The first-order valence-electron chi connectivity index (χ1n) is 9.50. The van der Waals surface area contributed by atoms with E-state index in [9.17, 15) is 9.59 Å². The van der Waals surface area contributed by atoms with E-state index in [0.717, 1.165) is 12.1 Å². The molecule has 0 saturated carbocycles. The lowest BCUT2D eigenvalue weighted by molar-refractivity contribution is -0.116. The molecule has 2 aromatic carbocycles. The number of aromatic nitrogens is 2. The van der Waals surface area contributed by atoms with E-state index >= 15 is 0 Å². The van der Waals surface area contributed by atoms with Crippen molar-refractivity contribution in [1.82, 2.24) is 9.97 Å². The van der Waals surface area contributed by atoms with E-state index in [2.05, 4.69) is 20.6 Å². The quantitative estimate of drug-likeness (QED) is 0.532. The molecular weight excluding hydrogens is 380 g/mol. The standard InChI is InChI=1S/C22H24N6O2/c1-15(29)28(2)18-10-6-9-17(13-18)26-22-25-14-19(20(23)30)21(27-22)24-12-11-16-7-4-3-5-8-16/h3-10,13-14H,11-12H2,1-2H3,(H2,23,30)(H2,24,25,26,27). The van der Waals surface area contributed by atoms with Gasteiger partial charge in [0.05, 0.1) is 5.56 Å². The summed E-state index contributed by atoms with van der Waals surface area (Å²) in [5.41, 5.74) is 8.31. The van der Waals surface area contributed by atoms with Gasteiger partial charge in [0, 0.05) is 38.1 Å². The van der Waals surface area contributed by atoms with Crippen molar-refractivity contribution in [2.24, 2.45) is 5.73 Å². The Balaban J connectivity index is 1.76. The highest BCUT2D eigenvalue weighted by atomic mass is 16.2. The van der Waals surface area contributed by atoms with Crippen molar-refractivity contribution in [3.05, 3.63) is 71.9 Å². The molecule has 3 rings (SSSR count). The van der Waals surface area contributed by atoms with Gasteiger partial charge in [-0.15, -0.1) is 0 Å². The van der Waals surface area contributed by atoms with Crippen LogP contribution < -0.4 is 21.3 Å². The summed E-state index contributed by atoms with van der Waals surface area (Å²) in [4.78, 5) is 33.5. The van der Waals surface area contributed by atoms with E-state index in [1.165, 1.54) is 18.7 Å². The number of primary amides is 1. The normalized spacial score (nSPS) is 10.3. The molecule has 4 N–H and O–H groups in total. The van der Waals surface area contributed by atoms with Gasteiger partial charge in [-0.1, -0.05) is 36.4 Å². The molecule has 1 heterocycles. The zero-order valence-corrected chi connectivity index (χ0v) is 16.9. The van der Waals surface area contributed by atoms with Crippen LogP contribution in [0.4, 0.5) is 23.1 Å². The Morgan fingerprint density at radius 3 is 2.57 bits per heavy atom. The molecule has 0 unspecified atom stereocenters. The number of carbonyl (C=O) groups is 2.